The molecule has 0 saturated heterocycles. The summed E-state index contributed by atoms with van der Waals surface area (Å²) in [4.78, 5) is 29.3. The second-order valence-electron chi connectivity index (χ2n) is 12.6. The van der Waals surface area contributed by atoms with E-state index in [0.29, 0.717) is 68.6 Å². The predicted molar refractivity (Wildman–Crippen MR) is 200 cm³/mol. The molecule has 1 aliphatic carbocycles. The lowest BCUT2D eigenvalue weighted by Crippen LogP contribution is -2.74. The molecule has 0 spiro atoms. The zero-order valence-electron chi connectivity index (χ0n) is 28.9. The monoisotopic (exact) mass is 770 g/mol. The lowest BCUT2D eigenvalue weighted by atomic mass is 9.90. The molecule has 6 rings (SSSR count). The van der Waals surface area contributed by atoms with Crippen LogP contribution in [-0.4, -0.2) is 61.4 Å². The SMILES string of the molecule is CN(CCCC(=O)O)C(=O)c1ccccc1-c1c2ccc(=[NH+]Cc3ccc(S(=O)(=O)O)cc3)cc-2oc2cc(NCc3ccccc3S(=O)(=O)O)ccc12. The Labute approximate surface area is 311 Å². The summed E-state index contributed by atoms with van der Waals surface area (Å²) >= 11 is 0. The molecule has 54 heavy (non-hydrogen) atoms. The molecule has 0 aromatic heterocycles. The van der Waals surface area contributed by atoms with Crippen molar-refractivity contribution in [1.82, 2.24) is 4.90 Å². The topological polar surface area (TPSA) is 205 Å². The van der Waals surface area contributed by atoms with Crippen LogP contribution < -0.4 is 15.7 Å². The smallest absolute Gasteiger partial charge is 0.303 e. The molecule has 5 N–H and O–H groups in total. The molecule has 0 unspecified atom stereocenters. The molecule has 1 heterocycles. The molecular weight excluding hydrogens is 735 g/mol. The van der Waals surface area contributed by atoms with E-state index >= 15 is 0 Å². The average molecular weight is 771 g/mol. The molecule has 1 aliphatic heterocycles. The van der Waals surface area contributed by atoms with Gasteiger partial charge in [0.15, 0.2) is 6.54 Å². The van der Waals surface area contributed by atoms with Crippen LogP contribution in [-0.2, 0) is 38.1 Å². The Hall–Kier alpha value is -5.87. The molecule has 0 fully saturated rings. The first-order valence-electron chi connectivity index (χ1n) is 16.7. The standard InChI is InChI=1S/C39H35N3O10S2/c1-42(20-6-11-37(43)44)39(45)31-9-4-3-8-30(31)38-32-18-14-27(40-23-25-12-16-29(17-13-25)53(46,47)48)21-34(32)52-35-22-28(15-19-33(35)38)41-24-26-7-2-5-10-36(26)54(49,50)51/h2-5,7-10,12-19,21-22,41H,6,11,20,23-24H2,1H3,(H,43,44)(H,46,47,48)(H,49,50,51)/p+1. The fourth-order valence-electron chi connectivity index (χ4n) is 6.14. The van der Waals surface area contributed by atoms with Crippen molar-refractivity contribution in [3.8, 4) is 22.5 Å². The zero-order chi connectivity index (χ0) is 38.6. The van der Waals surface area contributed by atoms with Crippen molar-refractivity contribution in [2.24, 2.45) is 0 Å². The fourth-order valence-corrected chi connectivity index (χ4v) is 7.35. The van der Waals surface area contributed by atoms with E-state index in [1.54, 1.807) is 61.6 Å². The number of anilines is 1. The molecule has 4 aromatic carbocycles. The van der Waals surface area contributed by atoms with Gasteiger partial charge < -0.3 is 19.7 Å². The third-order valence-electron chi connectivity index (χ3n) is 8.83. The van der Waals surface area contributed by atoms with Gasteiger partial charge >= 0.3 is 5.97 Å². The molecule has 0 atom stereocenters. The van der Waals surface area contributed by atoms with Crippen LogP contribution in [0.1, 0.15) is 34.3 Å². The predicted octanol–water partition coefficient (Wildman–Crippen LogP) is 4.43. The van der Waals surface area contributed by atoms with E-state index in [0.717, 1.165) is 5.56 Å². The molecule has 4 aromatic rings. The number of amides is 1. The average Bonchev–Trinajstić information content (AvgIpc) is 3.14. The van der Waals surface area contributed by atoms with Crippen LogP contribution in [0, 0.1) is 0 Å². The van der Waals surface area contributed by atoms with Crippen molar-refractivity contribution in [1.29, 1.82) is 0 Å². The van der Waals surface area contributed by atoms with Gasteiger partial charge in [0, 0.05) is 72.0 Å². The molecule has 0 bridgehead atoms. The number of hydrogen-bond donors (Lipinski definition) is 5. The Kier molecular flexibility index (Phi) is 11.0. The van der Waals surface area contributed by atoms with Crippen LogP contribution in [0.2, 0.25) is 0 Å². The lowest BCUT2D eigenvalue weighted by molar-refractivity contribution is -0.518. The number of fused-ring (bicyclic) bond motifs is 2. The number of hydrogen-bond acceptors (Lipinski definition) is 8. The molecule has 1 amide bonds. The normalized spacial score (nSPS) is 12.2. The Morgan fingerprint density at radius 1 is 0.815 bits per heavy atom. The van der Waals surface area contributed by atoms with E-state index in [-0.39, 0.29) is 35.2 Å². The Balaban J connectivity index is 1.44. The third-order valence-corrected chi connectivity index (χ3v) is 10.7. The molecule has 13 nitrogen and oxygen atoms in total. The van der Waals surface area contributed by atoms with Crippen molar-refractivity contribution >= 4 is 48.8 Å². The fraction of sp³-hybridized carbons (Fsp3) is 0.154. The van der Waals surface area contributed by atoms with E-state index in [9.17, 15) is 35.5 Å². The van der Waals surface area contributed by atoms with Gasteiger partial charge in [-0.05, 0) is 60.0 Å². The summed E-state index contributed by atoms with van der Waals surface area (Å²) in [5, 5.41) is 13.7. The van der Waals surface area contributed by atoms with E-state index in [4.69, 9.17) is 9.52 Å². The number of carboxylic acids is 1. The summed E-state index contributed by atoms with van der Waals surface area (Å²) < 4.78 is 72.3. The van der Waals surface area contributed by atoms with Gasteiger partial charge in [-0.25, -0.2) is 4.99 Å². The van der Waals surface area contributed by atoms with E-state index in [1.165, 1.54) is 29.2 Å². The summed E-state index contributed by atoms with van der Waals surface area (Å²) in [5.74, 6) is -0.759. The number of carboxylic acid groups (broad SMARTS) is 1. The number of rotatable bonds is 13. The van der Waals surface area contributed by atoms with Crippen LogP contribution in [0.15, 0.2) is 123 Å². The van der Waals surface area contributed by atoms with Crippen LogP contribution in [0.3, 0.4) is 0 Å². The molecular formula is C39H36N3O10S2+. The zero-order valence-corrected chi connectivity index (χ0v) is 30.5. The van der Waals surface area contributed by atoms with Gasteiger partial charge in [-0.15, -0.1) is 0 Å². The van der Waals surface area contributed by atoms with Crippen molar-refractivity contribution < 1.29 is 50.0 Å². The minimum absolute atomic E-state index is 0.0707. The highest BCUT2D eigenvalue weighted by atomic mass is 32.2. The Morgan fingerprint density at radius 2 is 1.54 bits per heavy atom. The Morgan fingerprint density at radius 3 is 2.26 bits per heavy atom. The van der Waals surface area contributed by atoms with E-state index in [2.05, 4.69) is 10.3 Å². The van der Waals surface area contributed by atoms with Crippen LogP contribution in [0.25, 0.3) is 33.4 Å². The van der Waals surface area contributed by atoms with Crippen molar-refractivity contribution in [2.45, 2.75) is 35.7 Å². The number of nitrogens with zero attached hydrogens (tertiary/aromatic N) is 1. The number of aliphatic carboxylic acids is 1. The maximum absolute atomic E-state index is 13.8. The quantitative estimate of drug-likeness (QED) is 0.0821. The second kappa shape index (κ2) is 15.6. The minimum Gasteiger partial charge on any atom is -0.481 e. The largest absolute Gasteiger partial charge is 0.481 e. The van der Waals surface area contributed by atoms with Crippen LogP contribution in [0.5, 0.6) is 0 Å². The number of nitrogens with one attached hydrogen (secondary N) is 2. The summed E-state index contributed by atoms with van der Waals surface area (Å²) in [5.41, 5.74) is 4.59. The molecule has 0 saturated carbocycles. The first-order valence-corrected chi connectivity index (χ1v) is 19.6. The summed E-state index contributed by atoms with van der Waals surface area (Å²) in [6.07, 6.45) is 0.222. The van der Waals surface area contributed by atoms with Crippen molar-refractivity contribution in [3.05, 3.63) is 131 Å². The minimum atomic E-state index is -4.45. The maximum Gasteiger partial charge on any atom is 0.303 e. The Bertz CT molecular complexity index is 2640. The highest BCUT2D eigenvalue weighted by Gasteiger charge is 2.24. The van der Waals surface area contributed by atoms with Crippen molar-refractivity contribution in [2.75, 3.05) is 18.9 Å². The lowest BCUT2D eigenvalue weighted by Gasteiger charge is -2.21. The number of benzene rings is 5. The van der Waals surface area contributed by atoms with Gasteiger partial charge in [0.05, 0.1) is 15.9 Å². The maximum atomic E-state index is 13.8. The summed E-state index contributed by atoms with van der Waals surface area (Å²) in [7, 11) is -7.14. The van der Waals surface area contributed by atoms with Crippen LogP contribution >= 0.6 is 0 Å². The summed E-state index contributed by atoms with van der Waals surface area (Å²) in [6, 6.07) is 30.0. The van der Waals surface area contributed by atoms with Gasteiger partial charge in [0.2, 0.25) is 5.36 Å². The van der Waals surface area contributed by atoms with Gasteiger partial charge in [-0.2, -0.15) is 16.8 Å². The number of carbonyl (C=O) groups excluding carboxylic acids is 1. The first kappa shape index (κ1) is 37.9. The molecule has 0 radical (unpaired) electrons. The van der Waals surface area contributed by atoms with E-state index < -0.39 is 26.2 Å². The second-order valence-corrected chi connectivity index (χ2v) is 15.4. The highest BCUT2D eigenvalue weighted by molar-refractivity contribution is 7.86. The van der Waals surface area contributed by atoms with Gasteiger partial charge in [-0.3, -0.25) is 18.7 Å². The van der Waals surface area contributed by atoms with Gasteiger partial charge in [-0.1, -0.05) is 48.5 Å². The molecule has 278 valence electrons. The van der Waals surface area contributed by atoms with Gasteiger partial charge in [0.25, 0.3) is 26.1 Å². The van der Waals surface area contributed by atoms with Crippen molar-refractivity contribution in [3.63, 3.8) is 0 Å². The summed E-state index contributed by atoms with van der Waals surface area (Å²) in [6.45, 7) is 0.642. The highest BCUT2D eigenvalue weighted by Crippen LogP contribution is 2.42. The van der Waals surface area contributed by atoms with Gasteiger partial charge in [0.1, 0.15) is 11.3 Å². The van der Waals surface area contributed by atoms with E-state index in [1.807, 2.05) is 30.3 Å². The van der Waals surface area contributed by atoms with Crippen LogP contribution in [0.4, 0.5) is 5.69 Å². The molecule has 15 heteroatoms. The third kappa shape index (κ3) is 8.66. The molecule has 2 aliphatic rings. The first-order chi connectivity index (χ1) is 25.7. The number of carbonyl (C=O) groups is 2.